The molecule has 0 aliphatic carbocycles. The molecule has 0 saturated heterocycles. The minimum Gasteiger partial charge on any atom is -0.619 e. The van der Waals surface area contributed by atoms with Gasteiger partial charge in [-0.15, -0.1) is 0 Å². The highest BCUT2D eigenvalue weighted by molar-refractivity contribution is 6.09. The summed E-state index contributed by atoms with van der Waals surface area (Å²) in [5, 5.41) is 56.5. The fourth-order valence-corrected chi connectivity index (χ4v) is 2.52. The van der Waals surface area contributed by atoms with Gasteiger partial charge in [0.25, 0.3) is 0 Å². The number of aromatic nitrogens is 2. The van der Waals surface area contributed by atoms with E-state index >= 15 is 0 Å². The van der Waals surface area contributed by atoms with Gasteiger partial charge >= 0.3 is 23.9 Å². The van der Waals surface area contributed by atoms with Crippen LogP contribution in [0, 0.1) is 10.4 Å². The first-order valence-electron chi connectivity index (χ1n) is 8.50. The average molecular weight is 442 g/mol. The molecule has 0 spiro atoms. The monoisotopic (exact) mass is 442 g/mol. The number of benzene rings is 1. The number of hydrogen-bond acceptors (Lipinski definition) is 6. The summed E-state index contributed by atoms with van der Waals surface area (Å²) in [6, 6.07) is 7.85. The van der Waals surface area contributed by atoms with Crippen LogP contribution in [0.3, 0.4) is 0 Å². The lowest BCUT2D eigenvalue weighted by Gasteiger charge is -2.06. The molecular formula is C20H14N2O10. The first-order chi connectivity index (χ1) is 15.0. The standard InChI is InChI=1S/C10H8N2O2.C10H6O8/c13-11-5-1-9(2-6-11)10-3-7-12(14)8-4-10;11-7(12)3-1-4(8(13)14)6(10(17)18)2-5(3)9(15)16/h1-8H;1-2H,(H,11,12)(H,13,14)(H,15,16)(H,17,18). The van der Waals surface area contributed by atoms with Crippen molar-refractivity contribution >= 4 is 23.9 Å². The first-order valence-corrected chi connectivity index (χ1v) is 8.50. The molecule has 32 heavy (non-hydrogen) atoms. The number of carboxylic acids is 4. The number of carbonyl (C=O) groups is 4. The lowest BCUT2D eigenvalue weighted by molar-refractivity contribution is -0.605. The van der Waals surface area contributed by atoms with E-state index in [1.54, 1.807) is 24.3 Å². The summed E-state index contributed by atoms with van der Waals surface area (Å²) in [5.41, 5.74) is -1.32. The van der Waals surface area contributed by atoms with Crippen molar-refractivity contribution in [1.29, 1.82) is 0 Å². The molecule has 0 aliphatic rings. The molecule has 12 heteroatoms. The smallest absolute Gasteiger partial charge is 0.336 e. The average Bonchev–Trinajstić information content (AvgIpc) is 2.74. The van der Waals surface area contributed by atoms with Crippen molar-refractivity contribution in [2.45, 2.75) is 0 Å². The zero-order valence-electron chi connectivity index (χ0n) is 15.9. The molecule has 2 aromatic heterocycles. The van der Waals surface area contributed by atoms with Crippen LogP contribution in [0.25, 0.3) is 11.1 Å². The van der Waals surface area contributed by atoms with Crippen LogP contribution in [0.4, 0.5) is 0 Å². The molecule has 3 aromatic rings. The summed E-state index contributed by atoms with van der Waals surface area (Å²) < 4.78 is 1.44. The van der Waals surface area contributed by atoms with Crippen molar-refractivity contribution in [3.63, 3.8) is 0 Å². The van der Waals surface area contributed by atoms with Gasteiger partial charge in [-0.1, -0.05) is 0 Å². The summed E-state index contributed by atoms with van der Waals surface area (Å²) >= 11 is 0. The normalized spacial score (nSPS) is 9.88. The summed E-state index contributed by atoms with van der Waals surface area (Å²) in [4.78, 5) is 43.1. The number of nitrogens with zero attached hydrogens (tertiary/aromatic N) is 2. The molecule has 0 atom stereocenters. The Kier molecular flexibility index (Phi) is 7.03. The van der Waals surface area contributed by atoms with Crippen LogP contribution in [0.15, 0.2) is 61.2 Å². The predicted molar refractivity (Wildman–Crippen MR) is 104 cm³/mol. The third kappa shape index (κ3) is 5.54. The van der Waals surface area contributed by atoms with Crippen molar-refractivity contribution in [2.75, 3.05) is 0 Å². The maximum atomic E-state index is 10.8. The van der Waals surface area contributed by atoms with Crippen LogP contribution >= 0.6 is 0 Å². The fourth-order valence-electron chi connectivity index (χ4n) is 2.52. The molecular weight excluding hydrogens is 428 g/mol. The summed E-state index contributed by atoms with van der Waals surface area (Å²) in [7, 11) is 0. The summed E-state index contributed by atoms with van der Waals surface area (Å²) in [6.45, 7) is 0. The van der Waals surface area contributed by atoms with Crippen molar-refractivity contribution in [2.24, 2.45) is 0 Å². The predicted octanol–water partition coefficient (Wildman–Crippen LogP) is 1.10. The quantitative estimate of drug-likeness (QED) is 0.327. The maximum Gasteiger partial charge on any atom is 0.336 e. The van der Waals surface area contributed by atoms with Gasteiger partial charge in [0, 0.05) is 24.3 Å². The summed E-state index contributed by atoms with van der Waals surface area (Å²) in [5.74, 6) is -6.64. The molecule has 0 fully saturated rings. The number of carboxylic acid groups (broad SMARTS) is 4. The van der Waals surface area contributed by atoms with E-state index in [1.165, 1.54) is 24.8 Å². The minimum absolute atomic E-state index is 0.511. The zero-order chi connectivity index (χ0) is 24.0. The van der Waals surface area contributed by atoms with E-state index in [9.17, 15) is 29.6 Å². The Balaban J connectivity index is 0.000000233. The van der Waals surface area contributed by atoms with Crippen molar-refractivity contribution in [3.8, 4) is 11.1 Å². The van der Waals surface area contributed by atoms with Crippen LogP contribution in [-0.4, -0.2) is 44.3 Å². The van der Waals surface area contributed by atoms with Gasteiger partial charge in [-0.05, 0) is 23.3 Å². The van der Waals surface area contributed by atoms with Gasteiger partial charge < -0.3 is 30.8 Å². The molecule has 0 unspecified atom stereocenters. The van der Waals surface area contributed by atoms with Gasteiger partial charge in [0.1, 0.15) is 0 Å². The lowest BCUT2D eigenvalue weighted by atomic mass is 9.98. The molecule has 0 saturated carbocycles. The van der Waals surface area contributed by atoms with E-state index < -0.39 is 46.1 Å². The van der Waals surface area contributed by atoms with Crippen LogP contribution in [0.1, 0.15) is 41.4 Å². The van der Waals surface area contributed by atoms with E-state index in [0.29, 0.717) is 12.1 Å². The highest BCUT2D eigenvalue weighted by Crippen LogP contribution is 2.18. The second-order valence-corrected chi connectivity index (χ2v) is 6.06. The minimum atomic E-state index is -1.66. The van der Waals surface area contributed by atoms with Crippen molar-refractivity contribution in [3.05, 3.63) is 93.9 Å². The molecule has 0 aliphatic heterocycles. The Labute approximate surface area is 178 Å². The van der Waals surface area contributed by atoms with Crippen LogP contribution in [0.5, 0.6) is 0 Å². The van der Waals surface area contributed by atoms with Gasteiger partial charge in [-0.25, -0.2) is 19.2 Å². The Bertz CT molecular complexity index is 1050. The zero-order valence-corrected chi connectivity index (χ0v) is 15.9. The van der Waals surface area contributed by atoms with Gasteiger partial charge in [0.2, 0.25) is 0 Å². The number of rotatable bonds is 5. The van der Waals surface area contributed by atoms with Crippen molar-refractivity contribution in [1.82, 2.24) is 0 Å². The Morgan fingerprint density at radius 1 is 0.531 bits per heavy atom. The van der Waals surface area contributed by atoms with E-state index in [-0.39, 0.29) is 0 Å². The third-order valence-corrected chi connectivity index (χ3v) is 4.02. The Hall–Kier alpha value is -5.00. The highest BCUT2D eigenvalue weighted by atomic mass is 16.5. The molecule has 164 valence electrons. The van der Waals surface area contributed by atoms with Crippen LogP contribution in [0.2, 0.25) is 0 Å². The molecule has 0 bridgehead atoms. The molecule has 12 nitrogen and oxygen atoms in total. The van der Waals surface area contributed by atoms with Gasteiger partial charge in [0.15, 0.2) is 24.8 Å². The number of pyridine rings is 2. The number of aromatic carboxylic acids is 4. The first kappa shape index (κ1) is 23.3. The maximum absolute atomic E-state index is 10.8. The van der Waals surface area contributed by atoms with Crippen LogP contribution < -0.4 is 9.46 Å². The topological polar surface area (TPSA) is 203 Å². The van der Waals surface area contributed by atoms with Gasteiger partial charge in [-0.3, -0.25) is 0 Å². The van der Waals surface area contributed by atoms with E-state index in [4.69, 9.17) is 20.4 Å². The second-order valence-electron chi connectivity index (χ2n) is 6.06. The molecule has 0 radical (unpaired) electrons. The highest BCUT2D eigenvalue weighted by Gasteiger charge is 2.24. The lowest BCUT2D eigenvalue weighted by Crippen LogP contribution is -2.24. The van der Waals surface area contributed by atoms with E-state index in [1.807, 2.05) is 0 Å². The SMILES string of the molecule is O=C(O)c1cc(C(=O)O)c(C(=O)O)cc1C(=O)O.[O-][n+]1ccc(-c2cc[n+]([O-])cc2)cc1. The fraction of sp³-hybridized carbons (Fsp3) is 0. The van der Waals surface area contributed by atoms with Gasteiger partial charge in [-0.2, -0.15) is 9.46 Å². The Morgan fingerprint density at radius 3 is 0.938 bits per heavy atom. The molecule has 1 aromatic carbocycles. The largest absolute Gasteiger partial charge is 0.619 e. The molecule has 3 rings (SSSR count). The third-order valence-electron chi connectivity index (χ3n) is 4.02. The second kappa shape index (κ2) is 9.67. The molecule has 0 amide bonds. The number of hydrogen-bond donors (Lipinski definition) is 4. The molecule has 2 heterocycles. The van der Waals surface area contributed by atoms with E-state index in [0.717, 1.165) is 20.6 Å². The van der Waals surface area contributed by atoms with E-state index in [2.05, 4.69) is 0 Å². The Morgan fingerprint density at radius 2 is 0.750 bits per heavy atom. The van der Waals surface area contributed by atoms with Crippen molar-refractivity contribution < 1.29 is 49.1 Å². The molecule has 4 N–H and O–H groups in total. The van der Waals surface area contributed by atoms with Gasteiger partial charge in [0.05, 0.1) is 22.3 Å². The van der Waals surface area contributed by atoms with Crippen LogP contribution in [-0.2, 0) is 0 Å². The summed E-state index contributed by atoms with van der Waals surface area (Å²) in [6.07, 6.45) is 5.70.